The van der Waals surface area contributed by atoms with E-state index in [2.05, 4.69) is 15.9 Å². The van der Waals surface area contributed by atoms with Gasteiger partial charge in [0.2, 0.25) is 0 Å². The van der Waals surface area contributed by atoms with Crippen molar-refractivity contribution in [2.24, 2.45) is 0 Å². The Morgan fingerprint density at radius 2 is 2.06 bits per heavy atom. The van der Waals surface area contributed by atoms with E-state index in [9.17, 15) is 9.00 Å². The molecule has 1 heterocycles. The van der Waals surface area contributed by atoms with Gasteiger partial charge in [-0.05, 0) is 34.1 Å². The summed E-state index contributed by atoms with van der Waals surface area (Å²) in [7, 11) is 0.795. The first-order valence-corrected chi connectivity index (χ1v) is 7.87. The molecule has 1 saturated heterocycles. The highest BCUT2D eigenvalue weighted by Gasteiger charge is 2.23. The standard InChI is InChI=1S/C12H14BrNO3S/c1-17-9-2-3-11(13)10(8-9)12(15)14-4-6-18(16)7-5-14/h2-3,8H,4-7H2,1H3. The normalized spacial score (nSPS) is 16.7. The highest BCUT2D eigenvalue weighted by atomic mass is 79.9. The molecule has 0 bridgehead atoms. The molecule has 0 unspecified atom stereocenters. The van der Waals surface area contributed by atoms with Crippen LogP contribution in [0, 0.1) is 0 Å². The topological polar surface area (TPSA) is 46.6 Å². The van der Waals surface area contributed by atoms with Crippen LogP contribution in [0.5, 0.6) is 5.75 Å². The van der Waals surface area contributed by atoms with E-state index in [1.165, 1.54) is 0 Å². The molecular weight excluding hydrogens is 318 g/mol. The fraction of sp³-hybridized carbons (Fsp3) is 0.417. The first-order valence-electron chi connectivity index (χ1n) is 5.59. The van der Waals surface area contributed by atoms with Crippen LogP contribution in [0.25, 0.3) is 0 Å². The van der Waals surface area contributed by atoms with Crippen molar-refractivity contribution in [2.75, 3.05) is 31.7 Å². The second-order valence-electron chi connectivity index (χ2n) is 3.99. The first kappa shape index (κ1) is 13.5. The molecule has 0 atom stereocenters. The number of rotatable bonds is 2. The van der Waals surface area contributed by atoms with Crippen molar-refractivity contribution in [2.45, 2.75) is 0 Å². The molecule has 0 aromatic heterocycles. The Morgan fingerprint density at radius 1 is 1.39 bits per heavy atom. The molecule has 1 aliphatic heterocycles. The molecule has 98 valence electrons. The van der Waals surface area contributed by atoms with Gasteiger partial charge in [0.05, 0.1) is 12.7 Å². The summed E-state index contributed by atoms with van der Waals surface area (Å²) in [6, 6.07) is 5.32. The minimum absolute atomic E-state index is 0.0440. The lowest BCUT2D eigenvalue weighted by Gasteiger charge is -2.26. The predicted octanol–water partition coefficient (Wildman–Crippen LogP) is 1.66. The van der Waals surface area contributed by atoms with E-state index in [-0.39, 0.29) is 5.91 Å². The van der Waals surface area contributed by atoms with Crippen molar-refractivity contribution >= 4 is 32.6 Å². The van der Waals surface area contributed by atoms with Crippen LogP contribution < -0.4 is 4.74 Å². The lowest BCUT2D eigenvalue weighted by molar-refractivity contribution is 0.0770. The molecule has 0 spiro atoms. The second kappa shape index (κ2) is 5.84. The Kier molecular flexibility index (Phi) is 4.40. The van der Waals surface area contributed by atoms with Gasteiger partial charge in [-0.15, -0.1) is 0 Å². The molecule has 4 nitrogen and oxygen atoms in total. The fourth-order valence-electron chi connectivity index (χ4n) is 1.81. The van der Waals surface area contributed by atoms with Crippen LogP contribution in [0.4, 0.5) is 0 Å². The van der Waals surface area contributed by atoms with Crippen LogP contribution in [0.2, 0.25) is 0 Å². The number of carbonyl (C=O) groups excluding carboxylic acids is 1. The van der Waals surface area contributed by atoms with Crippen molar-refractivity contribution in [3.63, 3.8) is 0 Å². The molecular formula is C12H14BrNO3S. The summed E-state index contributed by atoms with van der Waals surface area (Å²) < 4.78 is 17.2. The Hall–Kier alpha value is -0.880. The SMILES string of the molecule is COc1ccc(Br)c(C(=O)N2CCS(=O)CC2)c1. The highest BCUT2D eigenvalue weighted by molar-refractivity contribution is 9.10. The van der Waals surface area contributed by atoms with E-state index < -0.39 is 10.8 Å². The van der Waals surface area contributed by atoms with E-state index in [4.69, 9.17) is 4.74 Å². The summed E-state index contributed by atoms with van der Waals surface area (Å²) in [6.45, 7) is 1.10. The summed E-state index contributed by atoms with van der Waals surface area (Å²) in [4.78, 5) is 14.1. The van der Waals surface area contributed by atoms with Gasteiger partial charge < -0.3 is 9.64 Å². The van der Waals surface area contributed by atoms with Gasteiger partial charge in [-0.25, -0.2) is 0 Å². The zero-order chi connectivity index (χ0) is 13.1. The van der Waals surface area contributed by atoms with Crippen LogP contribution >= 0.6 is 15.9 Å². The Balaban J connectivity index is 2.20. The third-order valence-electron chi connectivity index (χ3n) is 2.87. The number of hydrogen-bond donors (Lipinski definition) is 0. The van der Waals surface area contributed by atoms with E-state index in [0.29, 0.717) is 35.9 Å². The van der Waals surface area contributed by atoms with Crippen LogP contribution in [-0.4, -0.2) is 46.7 Å². The van der Waals surface area contributed by atoms with Gasteiger partial charge in [0, 0.05) is 39.9 Å². The van der Waals surface area contributed by atoms with E-state index in [1.54, 1.807) is 30.2 Å². The van der Waals surface area contributed by atoms with Gasteiger partial charge in [-0.2, -0.15) is 0 Å². The van der Waals surface area contributed by atoms with Gasteiger partial charge in [-0.1, -0.05) is 0 Å². The summed E-state index contributed by atoms with van der Waals surface area (Å²) in [6.07, 6.45) is 0. The van der Waals surface area contributed by atoms with Crippen LogP contribution in [-0.2, 0) is 10.8 Å². The monoisotopic (exact) mass is 331 g/mol. The summed E-state index contributed by atoms with van der Waals surface area (Å²) in [5.41, 5.74) is 0.585. The molecule has 0 saturated carbocycles. The van der Waals surface area contributed by atoms with E-state index in [1.807, 2.05) is 0 Å². The largest absolute Gasteiger partial charge is 0.497 e. The number of amides is 1. The van der Waals surface area contributed by atoms with Crippen molar-refractivity contribution in [1.29, 1.82) is 0 Å². The van der Waals surface area contributed by atoms with Crippen LogP contribution in [0.1, 0.15) is 10.4 Å². The zero-order valence-electron chi connectivity index (χ0n) is 10.0. The first-order chi connectivity index (χ1) is 8.61. The number of nitrogens with zero attached hydrogens (tertiary/aromatic N) is 1. The quantitative estimate of drug-likeness (QED) is 0.828. The Labute approximate surface area is 117 Å². The molecule has 0 N–H and O–H groups in total. The van der Waals surface area contributed by atoms with E-state index in [0.717, 1.165) is 4.47 Å². The zero-order valence-corrected chi connectivity index (χ0v) is 12.4. The molecule has 1 aromatic carbocycles. The van der Waals surface area contributed by atoms with Crippen molar-refractivity contribution in [3.8, 4) is 5.75 Å². The number of hydrogen-bond acceptors (Lipinski definition) is 3. The minimum Gasteiger partial charge on any atom is -0.497 e. The number of methoxy groups -OCH3 is 1. The molecule has 0 aliphatic carbocycles. The molecule has 6 heteroatoms. The Bertz CT molecular complexity index is 482. The second-order valence-corrected chi connectivity index (χ2v) is 6.54. The summed E-state index contributed by atoms with van der Waals surface area (Å²) in [5.74, 6) is 1.74. The summed E-state index contributed by atoms with van der Waals surface area (Å²) >= 11 is 3.38. The molecule has 1 aromatic rings. The van der Waals surface area contributed by atoms with Crippen LogP contribution in [0.3, 0.4) is 0 Å². The fourth-order valence-corrected chi connectivity index (χ4v) is 3.27. The third kappa shape index (κ3) is 2.92. The molecule has 1 aliphatic rings. The van der Waals surface area contributed by atoms with Crippen LogP contribution in [0.15, 0.2) is 22.7 Å². The van der Waals surface area contributed by atoms with Crippen molar-refractivity contribution in [1.82, 2.24) is 4.90 Å². The number of halogens is 1. The molecule has 1 amide bonds. The summed E-state index contributed by atoms with van der Waals surface area (Å²) in [5, 5.41) is 0. The lowest BCUT2D eigenvalue weighted by Crippen LogP contribution is -2.41. The maximum Gasteiger partial charge on any atom is 0.255 e. The maximum atomic E-state index is 12.3. The highest BCUT2D eigenvalue weighted by Crippen LogP contribution is 2.24. The van der Waals surface area contributed by atoms with Gasteiger partial charge in [0.15, 0.2) is 0 Å². The Morgan fingerprint density at radius 3 is 2.67 bits per heavy atom. The lowest BCUT2D eigenvalue weighted by atomic mass is 10.2. The number of benzene rings is 1. The predicted molar refractivity (Wildman–Crippen MR) is 74.5 cm³/mol. The molecule has 2 rings (SSSR count). The minimum atomic E-state index is -0.775. The maximum absolute atomic E-state index is 12.3. The van der Waals surface area contributed by atoms with Gasteiger partial charge in [0.1, 0.15) is 5.75 Å². The third-order valence-corrected chi connectivity index (χ3v) is 4.84. The van der Waals surface area contributed by atoms with Gasteiger partial charge >= 0.3 is 0 Å². The smallest absolute Gasteiger partial charge is 0.255 e. The van der Waals surface area contributed by atoms with Crippen molar-refractivity contribution < 1.29 is 13.7 Å². The number of carbonyl (C=O) groups is 1. The molecule has 0 radical (unpaired) electrons. The van der Waals surface area contributed by atoms with E-state index >= 15 is 0 Å². The van der Waals surface area contributed by atoms with Crippen molar-refractivity contribution in [3.05, 3.63) is 28.2 Å². The van der Waals surface area contributed by atoms with Gasteiger partial charge in [0.25, 0.3) is 5.91 Å². The average molecular weight is 332 g/mol. The number of ether oxygens (including phenoxy) is 1. The van der Waals surface area contributed by atoms with Gasteiger partial charge in [-0.3, -0.25) is 9.00 Å². The molecule has 1 fully saturated rings. The average Bonchev–Trinajstić information content (AvgIpc) is 2.39. The molecule has 18 heavy (non-hydrogen) atoms.